The van der Waals surface area contributed by atoms with Crippen LogP contribution in [0.5, 0.6) is 0 Å². The topological polar surface area (TPSA) is 15.3 Å². The van der Waals surface area contributed by atoms with Crippen molar-refractivity contribution in [1.82, 2.24) is 10.2 Å². The summed E-state index contributed by atoms with van der Waals surface area (Å²) in [6.07, 6.45) is 1.22. The summed E-state index contributed by atoms with van der Waals surface area (Å²) in [5.74, 6) is 0.732. The second kappa shape index (κ2) is 6.39. The first-order valence-corrected chi connectivity index (χ1v) is 5.41. The lowest BCUT2D eigenvalue weighted by Gasteiger charge is -2.34. The van der Waals surface area contributed by atoms with Crippen LogP contribution in [0.3, 0.4) is 0 Å². The summed E-state index contributed by atoms with van der Waals surface area (Å²) in [5, 5.41) is 3.25. The molecule has 13 heavy (non-hydrogen) atoms. The number of likely N-dealkylation sites (N-methyl/N-ethyl adjacent to an activating group) is 2. The summed E-state index contributed by atoms with van der Waals surface area (Å²) < 4.78 is 0. The highest BCUT2D eigenvalue weighted by Gasteiger charge is 2.19. The molecule has 0 saturated heterocycles. The quantitative estimate of drug-likeness (QED) is 0.682. The molecule has 80 valence electrons. The average Bonchev–Trinajstić information content (AvgIpc) is 2.11. The van der Waals surface area contributed by atoms with Crippen LogP contribution in [-0.2, 0) is 0 Å². The van der Waals surface area contributed by atoms with E-state index >= 15 is 0 Å². The fraction of sp³-hybridized carbons (Fsp3) is 1.00. The summed E-state index contributed by atoms with van der Waals surface area (Å²) in [4.78, 5) is 2.49. The Morgan fingerprint density at radius 2 is 1.77 bits per heavy atom. The van der Waals surface area contributed by atoms with Gasteiger partial charge in [0.1, 0.15) is 0 Å². The molecule has 0 aromatic carbocycles. The van der Waals surface area contributed by atoms with Gasteiger partial charge >= 0.3 is 0 Å². The minimum absolute atomic E-state index is 0.665. The first kappa shape index (κ1) is 12.9. The maximum absolute atomic E-state index is 3.25. The highest BCUT2D eigenvalue weighted by atomic mass is 15.2. The van der Waals surface area contributed by atoms with Gasteiger partial charge in [-0.25, -0.2) is 0 Å². The van der Waals surface area contributed by atoms with E-state index in [2.05, 4.69) is 45.0 Å². The Morgan fingerprint density at radius 3 is 2.08 bits per heavy atom. The monoisotopic (exact) mass is 186 g/mol. The predicted octanol–water partition coefficient (Wildman–Crippen LogP) is 1.96. The minimum atomic E-state index is 0.665. The lowest BCUT2D eigenvalue weighted by molar-refractivity contribution is 0.143. The molecule has 1 N–H and O–H groups in total. The molecule has 0 rings (SSSR count). The van der Waals surface area contributed by atoms with E-state index in [0.29, 0.717) is 12.1 Å². The van der Waals surface area contributed by atoms with E-state index in [-0.39, 0.29) is 0 Å². The van der Waals surface area contributed by atoms with Crippen LogP contribution >= 0.6 is 0 Å². The summed E-state index contributed by atoms with van der Waals surface area (Å²) in [7, 11) is 4.26. The molecular formula is C11H26N2. The van der Waals surface area contributed by atoms with Crippen molar-refractivity contribution in [1.29, 1.82) is 0 Å². The molecule has 0 aliphatic heterocycles. The molecule has 0 aliphatic rings. The van der Waals surface area contributed by atoms with Crippen molar-refractivity contribution in [2.45, 2.75) is 46.2 Å². The van der Waals surface area contributed by atoms with Crippen molar-refractivity contribution in [3.05, 3.63) is 0 Å². The first-order valence-electron chi connectivity index (χ1n) is 5.41. The van der Waals surface area contributed by atoms with E-state index in [9.17, 15) is 0 Å². The zero-order chi connectivity index (χ0) is 10.4. The van der Waals surface area contributed by atoms with Gasteiger partial charge < -0.3 is 5.32 Å². The van der Waals surface area contributed by atoms with Crippen LogP contribution in [0.25, 0.3) is 0 Å². The van der Waals surface area contributed by atoms with E-state index in [1.165, 1.54) is 6.42 Å². The second-order valence-corrected chi connectivity index (χ2v) is 4.27. The van der Waals surface area contributed by atoms with E-state index in [0.717, 1.165) is 12.5 Å². The Kier molecular flexibility index (Phi) is 6.35. The Morgan fingerprint density at radius 1 is 1.23 bits per heavy atom. The molecule has 2 nitrogen and oxygen atoms in total. The van der Waals surface area contributed by atoms with Gasteiger partial charge in [-0.2, -0.15) is 0 Å². The molecule has 0 saturated carbocycles. The Balaban J connectivity index is 4.10. The highest BCUT2D eigenvalue weighted by Crippen LogP contribution is 2.12. The van der Waals surface area contributed by atoms with Gasteiger partial charge in [-0.15, -0.1) is 0 Å². The van der Waals surface area contributed by atoms with Crippen LogP contribution in [0.1, 0.15) is 34.1 Å². The molecular weight excluding hydrogens is 160 g/mol. The van der Waals surface area contributed by atoms with Gasteiger partial charge in [0.15, 0.2) is 0 Å². The molecule has 0 spiro atoms. The van der Waals surface area contributed by atoms with Crippen molar-refractivity contribution < 1.29 is 0 Å². The molecule has 0 radical (unpaired) electrons. The second-order valence-electron chi connectivity index (χ2n) is 4.27. The highest BCUT2D eigenvalue weighted by molar-refractivity contribution is 4.75. The fourth-order valence-electron chi connectivity index (χ4n) is 1.61. The third-order valence-electron chi connectivity index (χ3n) is 3.09. The van der Waals surface area contributed by atoms with Gasteiger partial charge in [-0.05, 0) is 33.4 Å². The molecule has 0 bridgehead atoms. The molecule has 2 heteroatoms. The van der Waals surface area contributed by atoms with Gasteiger partial charge in [-0.1, -0.05) is 20.8 Å². The number of nitrogens with one attached hydrogen (secondary N) is 1. The first-order chi connectivity index (χ1) is 6.04. The van der Waals surface area contributed by atoms with Gasteiger partial charge in [0, 0.05) is 18.6 Å². The smallest absolute Gasteiger partial charge is 0.0217 e. The standard InChI is InChI=1S/C11H26N2/c1-7-11(8-12-5)13(6)10(4)9(2)3/h9-12H,7-8H2,1-6H3. The van der Waals surface area contributed by atoms with Crippen LogP contribution in [0, 0.1) is 5.92 Å². The zero-order valence-corrected chi connectivity index (χ0v) is 10.1. The molecule has 0 aromatic heterocycles. The van der Waals surface area contributed by atoms with E-state index in [1.54, 1.807) is 0 Å². The number of hydrogen-bond acceptors (Lipinski definition) is 2. The SMILES string of the molecule is CCC(CNC)N(C)C(C)C(C)C. The van der Waals surface area contributed by atoms with Crippen molar-refractivity contribution in [2.24, 2.45) is 5.92 Å². The normalized spacial score (nSPS) is 16.6. The van der Waals surface area contributed by atoms with Crippen molar-refractivity contribution in [3.8, 4) is 0 Å². The molecule has 2 atom stereocenters. The largest absolute Gasteiger partial charge is 0.318 e. The third-order valence-corrected chi connectivity index (χ3v) is 3.09. The lowest BCUT2D eigenvalue weighted by Crippen LogP contribution is -2.45. The van der Waals surface area contributed by atoms with E-state index < -0.39 is 0 Å². The van der Waals surface area contributed by atoms with Gasteiger partial charge in [0.25, 0.3) is 0 Å². The van der Waals surface area contributed by atoms with E-state index in [1.807, 2.05) is 7.05 Å². The fourth-order valence-corrected chi connectivity index (χ4v) is 1.61. The number of hydrogen-bond donors (Lipinski definition) is 1. The summed E-state index contributed by atoms with van der Waals surface area (Å²) in [6, 6.07) is 1.33. The van der Waals surface area contributed by atoms with Crippen LogP contribution < -0.4 is 5.32 Å². The summed E-state index contributed by atoms with van der Waals surface area (Å²) in [5.41, 5.74) is 0. The van der Waals surface area contributed by atoms with Gasteiger partial charge in [0.2, 0.25) is 0 Å². The zero-order valence-electron chi connectivity index (χ0n) is 10.1. The third kappa shape index (κ3) is 4.10. The predicted molar refractivity (Wildman–Crippen MR) is 60.1 cm³/mol. The van der Waals surface area contributed by atoms with Crippen molar-refractivity contribution in [2.75, 3.05) is 20.6 Å². The molecule has 0 heterocycles. The lowest BCUT2D eigenvalue weighted by atomic mass is 10.0. The van der Waals surface area contributed by atoms with Crippen LogP contribution in [0.4, 0.5) is 0 Å². The number of nitrogens with zero attached hydrogens (tertiary/aromatic N) is 1. The molecule has 2 unspecified atom stereocenters. The van der Waals surface area contributed by atoms with Crippen LogP contribution in [0.15, 0.2) is 0 Å². The molecule has 0 fully saturated rings. The molecule has 0 aromatic rings. The maximum Gasteiger partial charge on any atom is 0.0217 e. The maximum atomic E-state index is 3.25. The summed E-state index contributed by atoms with van der Waals surface area (Å²) >= 11 is 0. The van der Waals surface area contributed by atoms with Crippen molar-refractivity contribution in [3.63, 3.8) is 0 Å². The summed E-state index contributed by atoms with van der Waals surface area (Å²) in [6.45, 7) is 10.2. The molecule has 0 aliphatic carbocycles. The average molecular weight is 186 g/mol. The van der Waals surface area contributed by atoms with Gasteiger partial charge in [0.05, 0.1) is 0 Å². The van der Waals surface area contributed by atoms with Crippen LogP contribution in [0.2, 0.25) is 0 Å². The Hall–Kier alpha value is -0.0800. The van der Waals surface area contributed by atoms with E-state index in [4.69, 9.17) is 0 Å². The van der Waals surface area contributed by atoms with Crippen LogP contribution in [-0.4, -0.2) is 37.6 Å². The minimum Gasteiger partial charge on any atom is -0.318 e. The molecule has 0 amide bonds. The van der Waals surface area contributed by atoms with Crippen molar-refractivity contribution >= 4 is 0 Å². The van der Waals surface area contributed by atoms with Gasteiger partial charge in [-0.3, -0.25) is 4.90 Å². The Bertz CT molecular complexity index is 123. The number of rotatable bonds is 6. The Labute approximate surface area is 83.7 Å².